The monoisotopic (exact) mass is 298 g/mol. The molecule has 114 valence electrons. The molecule has 2 aromatic carbocycles. The van der Waals surface area contributed by atoms with Gasteiger partial charge in [0.25, 0.3) is 0 Å². The van der Waals surface area contributed by atoms with Crippen molar-refractivity contribution in [3.63, 3.8) is 0 Å². The van der Waals surface area contributed by atoms with E-state index in [1.165, 1.54) is 0 Å². The van der Waals surface area contributed by atoms with Crippen LogP contribution in [0.25, 0.3) is 0 Å². The number of nitrogens with one attached hydrogen (secondary N) is 1. The van der Waals surface area contributed by atoms with Crippen molar-refractivity contribution >= 4 is 17.4 Å². The highest BCUT2D eigenvalue weighted by atomic mass is 16.5. The molecule has 0 heterocycles. The largest absolute Gasteiger partial charge is 0.461 e. The van der Waals surface area contributed by atoms with Gasteiger partial charge in [-0.2, -0.15) is 5.10 Å². The van der Waals surface area contributed by atoms with Crippen LogP contribution in [-0.4, -0.2) is 18.3 Å². The van der Waals surface area contributed by atoms with E-state index in [0.717, 1.165) is 17.2 Å². The number of esters is 1. The van der Waals surface area contributed by atoms with Crippen LogP contribution in [0.1, 0.15) is 13.8 Å². The first-order valence-electron chi connectivity index (χ1n) is 6.99. The van der Waals surface area contributed by atoms with Crippen LogP contribution in [0.3, 0.4) is 0 Å². The molecule has 0 amide bonds. The molecule has 1 N–H and O–H groups in total. The van der Waals surface area contributed by atoms with E-state index in [0.29, 0.717) is 6.61 Å². The molecule has 0 fully saturated rings. The van der Waals surface area contributed by atoms with Gasteiger partial charge in [-0.15, -0.1) is 0 Å². The maximum atomic E-state index is 11.4. The second-order valence-electron chi connectivity index (χ2n) is 4.47. The van der Waals surface area contributed by atoms with Crippen molar-refractivity contribution in [2.75, 3.05) is 12.0 Å². The van der Waals surface area contributed by atoms with Gasteiger partial charge in [-0.05, 0) is 50.2 Å². The summed E-state index contributed by atoms with van der Waals surface area (Å²) in [6, 6.07) is 16.8. The molecule has 0 atom stereocenters. The Labute approximate surface area is 129 Å². The number of hydrazone groups is 1. The number of benzene rings is 2. The van der Waals surface area contributed by atoms with E-state index in [-0.39, 0.29) is 5.71 Å². The molecule has 0 saturated heterocycles. The summed E-state index contributed by atoms with van der Waals surface area (Å²) in [5.41, 5.74) is 3.83. The Morgan fingerprint density at radius 1 is 1.05 bits per heavy atom. The molecule has 5 heteroatoms. The Balaban J connectivity index is 1.94. The van der Waals surface area contributed by atoms with Gasteiger partial charge in [-0.25, -0.2) is 4.79 Å². The molecule has 0 bridgehead atoms. The van der Waals surface area contributed by atoms with Crippen LogP contribution in [0, 0.1) is 0 Å². The van der Waals surface area contributed by atoms with Crippen LogP contribution < -0.4 is 10.2 Å². The highest BCUT2D eigenvalue weighted by Gasteiger charge is 2.05. The summed E-state index contributed by atoms with van der Waals surface area (Å²) in [6.45, 7) is 3.68. The number of nitrogens with zero attached hydrogens (tertiary/aromatic N) is 1. The molecule has 0 aliphatic rings. The van der Waals surface area contributed by atoms with Crippen LogP contribution in [0.5, 0.6) is 11.5 Å². The Kier molecular flexibility index (Phi) is 5.54. The number of carbonyl (C=O) groups excluding carboxylic acids is 1. The Hall–Kier alpha value is -2.82. The summed E-state index contributed by atoms with van der Waals surface area (Å²) in [5, 5.41) is 3.98. The van der Waals surface area contributed by atoms with Gasteiger partial charge in [0.1, 0.15) is 17.2 Å². The molecule has 0 saturated carbocycles. The summed E-state index contributed by atoms with van der Waals surface area (Å²) in [6.07, 6.45) is 0. The lowest BCUT2D eigenvalue weighted by Crippen LogP contribution is -2.15. The normalized spacial score (nSPS) is 10.9. The molecule has 5 nitrogen and oxygen atoms in total. The zero-order chi connectivity index (χ0) is 15.8. The molecular formula is C17H18N2O3. The number of ether oxygens (including phenoxy) is 2. The third-order valence-corrected chi connectivity index (χ3v) is 2.76. The molecule has 0 aliphatic heterocycles. The second kappa shape index (κ2) is 7.83. The average molecular weight is 298 g/mol. The van der Waals surface area contributed by atoms with E-state index in [1.54, 1.807) is 13.8 Å². The topological polar surface area (TPSA) is 59.9 Å². The van der Waals surface area contributed by atoms with Crippen molar-refractivity contribution in [1.29, 1.82) is 0 Å². The van der Waals surface area contributed by atoms with Crippen LogP contribution in [0.2, 0.25) is 0 Å². The fourth-order valence-electron chi connectivity index (χ4n) is 1.65. The summed E-state index contributed by atoms with van der Waals surface area (Å²) < 4.78 is 10.5. The van der Waals surface area contributed by atoms with E-state index >= 15 is 0 Å². The minimum absolute atomic E-state index is 0.270. The maximum absolute atomic E-state index is 11.4. The standard InChI is InChI=1S/C17H18N2O3/c1-3-21-17(20)13(2)18-19-14-9-11-16(12-10-14)22-15-7-5-4-6-8-15/h4-12,19H,3H2,1-2H3/b18-13-. The molecule has 0 unspecified atom stereocenters. The summed E-state index contributed by atoms with van der Waals surface area (Å²) >= 11 is 0. The summed E-state index contributed by atoms with van der Waals surface area (Å²) in [4.78, 5) is 11.4. The first kappa shape index (κ1) is 15.6. The van der Waals surface area contributed by atoms with Crippen molar-refractivity contribution in [3.8, 4) is 11.5 Å². The number of para-hydroxylation sites is 1. The fourth-order valence-corrected chi connectivity index (χ4v) is 1.65. The third-order valence-electron chi connectivity index (χ3n) is 2.76. The van der Waals surface area contributed by atoms with E-state index < -0.39 is 5.97 Å². The summed E-state index contributed by atoms with van der Waals surface area (Å²) in [7, 11) is 0. The number of hydrogen-bond donors (Lipinski definition) is 1. The molecule has 2 aromatic rings. The van der Waals surface area contributed by atoms with Crippen molar-refractivity contribution < 1.29 is 14.3 Å². The first-order chi connectivity index (χ1) is 10.7. The Morgan fingerprint density at radius 2 is 1.68 bits per heavy atom. The van der Waals surface area contributed by atoms with Crippen LogP contribution in [0.15, 0.2) is 59.7 Å². The molecule has 0 spiro atoms. The van der Waals surface area contributed by atoms with Gasteiger partial charge >= 0.3 is 5.97 Å². The van der Waals surface area contributed by atoms with E-state index in [9.17, 15) is 4.79 Å². The maximum Gasteiger partial charge on any atom is 0.354 e. The van der Waals surface area contributed by atoms with E-state index in [1.807, 2.05) is 54.6 Å². The van der Waals surface area contributed by atoms with Crippen LogP contribution in [-0.2, 0) is 9.53 Å². The van der Waals surface area contributed by atoms with Crippen LogP contribution >= 0.6 is 0 Å². The minimum atomic E-state index is -0.431. The molecule has 22 heavy (non-hydrogen) atoms. The SMILES string of the molecule is CCOC(=O)/C(C)=N\Nc1ccc(Oc2ccccc2)cc1. The number of rotatable bonds is 6. The zero-order valence-electron chi connectivity index (χ0n) is 12.6. The highest BCUT2D eigenvalue weighted by Crippen LogP contribution is 2.22. The lowest BCUT2D eigenvalue weighted by atomic mass is 10.3. The van der Waals surface area contributed by atoms with Crippen molar-refractivity contribution in [1.82, 2.24) is 0 Å². The molecular weight excluding hydrogens is 280 g/mol. The fraction of sp³-hybridized carbons (Fsp3) is 0.176. The minimum Gasteiger partial charge on any atom is -0.461 e. The van der Waals surface area contributed by atoms with Crippen molar-refractivity contribution in [2.24, 2.45) is 5.10 Å². The summed E-state index contributed by atoms with van der Waals surface area (Å²) in [5.74, 6) is 1.07. The van der Waals surface area contributed by atoms with Gasteiger partial charge in [-0.1, -0.05) is 18.2 Å². The van der Waals surface area contributed by atoms with Gasteiger partial charge in [0.15, 0.2) is 0 Å². The average Bonchev–Trinajstić information content (AvgIpc) is 2.55. The molecule has 0 aliphatic carbocycles. The lowest BCUT2D eigenvalue weighted by Gasteiger charge is -2.07. The highest BCUT2D eigenvalue weighted by molar-refractivity contribution is 6.35. The second-order valence-corrected chi connectivity index (χ2v) is 4.47. The van der Waals surface area contributed by atoms with Gasteiger partial charge in [-0.3, -0.25) is 5.43 Å². The quantitative estimate of drug-likeness (QED) is 0.500. The molecule has 0 aromatic heterocycles. The molecule has 2 rings (SSSR count). The van der Waals surface area contributed by atoms with Gasteiger partial charge < -0.3 is 9.47 Å². The number of carbonyl (C=O) groups is 1. The van der Waals surface area contributed by atoms with Gasteiger partial charge in [0.05, 0.1) is 12.3 Å². The Morgan fingerprint density at radius 3 is 2.32 bits per heavy atom. The van der Waals surface area contributed by atoms with Crippen molar-refractivity contribution in [2.45, 2.75) is 13.8 Å². The first-order valence-corrected chi connectivity index (χ1v) is 6.99. The van der Waals surface area contributed by atoms with Gasteiger partial charge in [0, 0.05) is 0 Å². The smallest absolute Gasteiger partial charge is 0.354 e. The van der Waals surface area contributed by atoms with Crippen LogP contribution in [0.4, 0.5) is 5.69 Å². The van der Waals surface area contributed by atoms with Gasteiger partial charge in [0.2, 0.25) is 0 Å². The zero-order valence-corrected chi connectivity index (χ0v) is 12.6. The Bertz CT molecular complexity index is 637. The predicted octanol–water partition coefficient (Wildman–Crippen LogP) is 3.83. The lowest BCUT2D eigenvalue weighted by molar-refractivity contribution is -0.135. The van der Waals surface area contributed by atoms with E-state index in [4.69, 9.17) is 9.47 Å². The predicted molar refractivity (Wildman–Crippen MR) is 86.3 cm³/mol. The number of anilines is 1. The van der Waals surface area contributed by atoms with Crippen molar-refractivity contribution in [3.05, 3.63) is 54.6 Å². The third kappa shape index (κ3) is 4.63. The number of hydrogen-bond acceptors (Lipinski definition) is 5. The van der Waals surface area contributed by atoms with E-state index in [2.05, 4.69) is 10.5 Å². The molecule has 0 radical (unpaired) electrons.